The maximum Gasteiger partial charge on any atom is 0.358 e. The molecule has 0 saturated carbocycles. The summed E-state index contributed by atoms with van der Waals surface area (Å²) in [7, 11) is 1.64. The minimum atomic E-state index is -0.435. The lowest BCUT2D eigenvalue weighted by atomic mass is 10.1. The lowest BCUT2D eigenvalue weighted by molar-refractivity contribution is 0.0518. The standard InChI is InChI=1S/C22H21ClN4O3/c1-4-30-22(28)21-8-14(2)26(24-21)13-18-11-16(23)10-17-12-20(25-27(17)18)15-6-5-7-19(9-15)29-3/h5-12H,4,13H2,1-3H3. The third kappa shape index (κ3) is 3.89. The van der Waals surface area contributed by atoms with Crippen LogP contribution in [0.5, 0.6) is 5.75 Å². The SMILES string of the molecule is CCOC(=O)c1cc(C)n(Cc2cc(Cl)cc3cc(-c4cccc(OC)c4)nn23)n1. The number of hydrogen-bond donors (Lipinski definition) is 0. The number of aromatic nitrogens is 4. The molecule has 4 aromatic rings. The van der Waals surface area contributed by atoms with Crippen molar-refractivity contribution in [1.29, 1.82) is 0 Å². The van der Waals surface area contributed by atoms with Crippen molar-refractivity contribution in [3.8, 4) is 17.0 Å². The predicted octanol–water partition coefficient (Wildman–Crippen LogP) is 4.39. The number of carbonyl (C=O) groups is 1. The largest absolute Gasteiger partial charge is 0.497 e. The lowest BCUT2D eigenvalue weighted by Gasteiger charge is -2.08. The summed E-state index contributed by atoms with van der Waals surface area (Å²) in [6, 6.07) is 15.1. The quantitative estimate of drug-likeness (QED) is 0.429. The fourth-order valence-corrected chi connectivity index (χ4v) is 3.53. The maximum atomic E-state index is 12.0. The van der Waals surface area contributed by atoms with Crippen LogP contribution in [-0.4, -0.2) is 39.1 Å². The van der Waals surface area contributed by atoms with Crippen molar-refractivity contribution in [2.75, 3.05) is 13.7 Å². The molecule has 30 heavy (non-hydrogen) atoms. The molecule has 7 nitrogen and oxygen atoms in total. The number of halogens is 1. The highest BCUT2D eigenvalue weighted by atomic mass is 35.5. The second-order valence-corrected chi connectivity index (χ2v) is 7.25. The molecule has 0 radical (unpaired) electrons. The maximum absolute atomic E-state index is 12.0. The molecule has 0 N–H and O–H groups in total. The highest BCUT2D eigenvalue weighted by Gasteiger charge is 2.15. The highest BCUT2D eigenvalue weighted by molar-refractivity contribution is 6.31. The second-order valence-electron chi connectivity index (χ2n) is 6.81. The van der Waals surface area contributed by atoms with Gasteiger partial charge < -0.3 is 9.47 Å². The summed E-state index contributed by atoms with van der Waals surface area (Å²) in [6.07, 6.45) is 0. The number of rotatable bonds is 6. The Balaban J connectivity index is 1.73. The van der Waals surface area contributed by atoms with Gasteiger partial charge in [0, 0.05) is 16.3 Å². The molecule has 0 saturated heterocycles. The van der Waals surface area contributed by atoms with Crippen LogP contribution < -0.4 is 4.74 Å². The van der Waals surface area contributed by atoms with E-state index in [-0.39, 0.29) is 5.69 Å². The summed E-state index contributed by atoms with van der Waals surface area (Å²) in [4.78, 5) is 12.0. The summed E-state index contributed by atoms with van der Waals surface area (Å²) >= 11 is 6.36. The van der Waals surface area contributed by atoms with E-state index < -0.39 is 5.97 Å². The van der Waals surface area contributed by atoms with Crippen LogP contribution in [0.15, 0.2) is 48.5 Å². The molecule has 0 bridgehead atoms. The third-order valence-corrected chi connectivity index (χ3v) is 4.96. The molecule has 154 valence electrons. The van der Waals surface area contributed by atoms with Gasteiger partial charge in [0.15, 0.2) is 5.69 Å². The summed E-state index contributed by atoms with van der Waals surface area (Å²) in [5.74, 6) is 0.330. The first-order valence-corrected chi connectivity index (χ1v) is 9.90. The average Bonchev–Trinajstić information content (AvgIpc) is 3.32. The topological polar surface area (TPSA) is 70.7 Å². The minimum Gasteiger partial charge on any atom is -0.497 e. The molecule has 0 fully saturated rings. The first-order valence-electron chi connectivity index (χ1n) is 9.52. The van der Waals surface area contributed by atoms with Crippen LogP contribution in [0.1, 0.15) is 28.8 Å². The van der Waals surface area contributed by atoms with Crippen LogP contribution in [0.25, 0.3) is 16.8 Å². The van der Waals surface area contributed by atoms with Crippen LogP contribution in [0, 0.1) is 6.92 Å². The van der Waals surface area contributed by atoms with Crippen LogP contribution >= 0.6 is 11.6 Å². The molecule has 0 amide bonds. The Hall–Kier alpha value is -3.32. The minimum absolute atomic E-state index is 0.283. The van der Waals surface area contributed by atoms with Gasteiger partial charge in [-0.3, -0.25) is 4.68 Å². The van der Waals surface area contributed by atoms with E-state index in [0.717, 1.165) is 33.9 Å². The molecule has 3 heterocycles. The molecule has 0 spiro atoms. The third-order valence-electron chi connectivity index (χ3n) is 4.74. The summed E-state index contributed by atoms with van der Waals surface area (Å²) < 4.78 is 13.9. The molecule has 0 aliphatic heterocycles. The molecule has 4 rings (SSSR count). The van der Waals surface area contributed by atoms with E-state index in [2.05, 4.69) is 5.10 Å². The fourth-order valence-electron chi connectivity index (χ4n) is 3.30. The molecule has 1 aromatic carbocycles. The van der Waals surface area contributed by atoms with Gasteiger partial charge in [0.05, 0.1) is 37.2 Å². The zero-order valence-corrected chi connectivity index (χ0v) is 17.7. The van der Waals surface area contributed by atoms with Gasteiger partial charge in [0.1, 0.15) is 5.75 Å². The van der Waals surface area contributed by atoms with Crippen LogP contribution in [0.3, 0.4) is 0 Å². The smallest absolute Gasteiger partial charge is 0.358 e. The number of aryl methyl sites for hydroxylation is 1. The van der Waals surface area contributed by atoms with Gasteiger partial charge in [-0.15, -0.1) is 0 Å². The lowest BCUT2D eigenvalue weighted by Crippen LogP contribution is -2.11. The number of carbonyl (C=O) groups excluding carboxylic acids is 1. The number of nitrogens with zero attached hydrogens (tertiary/aromatic N) is 4. The normalized spacial score (nSPS) is 11.1. The van der Waals surface area contributed by atoms with Crippen molar-refractivity contribution in [2.24, 2.45) is 0 Å². The first-order chi connectivity index (χ1) is 14.5. The number of pyridine rings is 1. The molecule has 0 aliphatic carbocycles. The molecular weight excluding hydrogens is 404 g/mol. The Bertz CT molecular complexity index is 1230. The molecular formula is C22H21ClN4O3. The van der Waals surface area contributed by atoms with Crippen molar-refractivity contribution in [3.05, 3.63) is 70.6 Å². The van der Waals surface area contributed by atoms with Crippen LogP contribution in [-0.2, 0) is 11.3 Å². The number of fused-ring (bicyclic) bond motifs is 1. The molecule has 3 aromatic heterocycles. The van der Waals surface area contributed by atoms with Gasteiger partial charge >= 0.3 is 5.97 Å². The number of methoxy groups -OCH3 is 1. The number of benzene rings is 1. The van der Waals surface area contributed by atoms with Crippen molar-refractivity contribution >= 4 is 23.1 Å². The Labute approximate surface area is 178 Å². The van der Waals surface area contributed by atoms with E-state index in [9.17, 15) is 4.79 Å². The number of ether oxygens (including phenoxy) is 2. The van der Waals surface area contributed by atoms with Gasteiger partial charge in [-0.25, -0.2) is 9.31 Å². The highest BCUT2D eigenvalue weighted by Crippen LogP contribution is 2.26. The van der Waals surface area contributed by atoms with E-state index >= 15 is 0 Å². The van der Waals surface area contributed by atoms with Crippen LogP contribution in [0.2, 0.25) is 5.02 Å². The zero-order valence-electron chi connectivity index (χ0n) is 16.9. The van der Waals surface area contributed by atoms with Gasteiger partial charge in [-0.1, -0.05) is 23.7 Å². The first kappa shape index (κ1) is 20.0. The van der Waals surface area contributed by atoms with Gasteiger partial charge in [-0.05, 0) is 50.2 Å². The van der Waals surface area contributed by atoms with Crippen molar-refractivity contribution < 1.29 is 14.3 Å². The summed E-state index contributed by atoms with van der Waals surface area (Å²) in [5, 5.41) is 9.76. The Morgan fingerprint density at radius 2 is 1.97 bits per heavy atom. The van der Waals surface area contributed by atoms with Crippen molar-refractivity contribution in [3.63, 3.8) is 0 Å². The molecule has 0 atom stereocenters. The van der Waals surface area contributed by atoms with Gasteiger partial charge in [0.25, 0.3) is 0 Å². The van der Waals surface area contributed by atoms with Gasteiger partial charge in [-0.2, -0.15) is 10.2 Å². The Kier molecular flexibility index (Phi) is 5.46. The van der Waals surface area contributed by atoms with Crippen molar-refractivity contribution in [2.45, 2.75) is 20.4 Å². The van der Waals surface area contributed by atoms with Crippen LogP contribution in [0.4, 0.5) is 0 Å². The second kappa shape index (κ2) is 8.20. The summed E-state index contributed by atoms with van der Waals surface area (Å²) in [6.45, 7) is 4.37. The van der Waals surface area contributed by atoms with E-state index in [4.69, 9.17) is 26.2 Å². The van der Waals surface area contributed by atoms with Gasteiger partial charge in [0.2, 0.25) is 0 Å². The molecule has 8 heteroatoms. The van der Waals surface area contributed by atoms with E-state index in [0.29, 0.717) is 18.2 Å². The molecule has 0 aliphatic rings. The Morgan fingerprint density at radius 3 is 2.73 bits per heavy atom. The van der Waals surface area contributed by atoms with E-state index in [1.165, 1.54) is 0 Å². The fraction of sp³-hybridized carbons (Fsp3) is 0.227. The zero-order chi connectivity index (χ0) is 21.3. The van der Waals surface area contributed by atoms with E-state index in [1.807, 2.05) is 53.9 Å². The predicted molar refractivity (Wildman–Crippen MR) is 114 cm³/mol. The Morgan fingerprint density at radius 1 is 1.13 bits per heavy atom. The molecule has 0 unspecified atom stereocenters. The average molecular weight is 425 g/mol. The van der Waals surface area contributed by atoms with Crippen molar-refractivity contribution in [1.82, 2.24) is 19.4 Å². The van der Waals surface area contributed by atoms with E-state index in [1.54, 1.807) is 24.8 Å². The monoisotopic (exact) mass is 424 g/mol. The summed E-state index contributed by atoms with van der Waals surface area (Å²) in [5.41, 5.74) is 4.58. The number of esters is 1. The number of hydrogen-bond acceptors (Lipinski definition) is 5.